The molecule has 0 saturated heterocycles. The second kappa shape index (κ2) is 5.41. The smallest absolute Gasteiger partial charge is 0.253 e. The summed E-state index contributed by atoms with van der Waals surface area (Å²) in [6.45, 7) is 6.12. The largest absolute Gasteiger partial charge is 0.418 e. The van der Waals surface area contributed by atoms with Gasteiger partial charge in [0.1, 0.15) is 17.5 Å². The van der Waals surface area contributed by atoms with Crippen LogP contribution in [0.15, 0.2) is 42.9 Å². The van der Waals surface area contributed by atoms with E-state index in [1.54, 1.807) is 10.9 Å². The number of anilines is 1. The standard InChI is InChI=1S/C18H18N6O/c1-18(2,3)24-15-13(14(19)21-10-22-15)17(23-24)25-16-12-7-5-4-6-11(12)8-9-20-16/h4-10H,1-3H3,(H2,19,21,22). The molecule has 3 heterocycles. The minimum absolute atomic E-state index is 0.285. The third-order valence-electron chi connectivity index (χ3n) is 3.93. The van der Waals surface area contributed by atoms with Crippen LogP contribution in [0, 0.1) is 0 Å². The fourth-order valence-corrected chi connectivity index (χ4v) is 2.75. The molecule has 126 valence electrons. The topological polar surface area (TPSA) is 91.7 Å². The minimum Gasteiger partial charge on any atom is -0.418 e. The van der Waals surface area contributed by atoms with Crippen molar-refractivity contribution >= 4 is 27.6 Å². The molecule has 25 heavy (non-hydrogen) atoms. The van der Waals surface area contributed by atoms with Crippen LogP contribution in [0.5, 0.6) is 11.8 Å². The Morgan fingerprint density at radius 3 is 2.60 bits per heavy atom. The van der Waals surface area contributed by atoms with Crippen LogP contribution in [-0.2, 0) is 5.54 Å². The van der Waals surface area contributed by atoms with Crippen molar-refractivity contribution in [2.75, 3.05) is 5.73 Å². The van der Waals surface area contributed by atoms with Crippen molar-refractivity contribution in [2.45, 2.75) is 26.3 Å². The maximum atomic E-state index is 6.08. The average Bonchev–Trinajstić information content (AvgIpc) is 2.95. The first-order chi connectivity index (χ1) is 11.9. The molecule has 4 rings (SSSR count). The van der Waals surface area contributed by atoms with Crippen LogP contribution in [0.1, 0.15) is 20.8 Å². The molecule has 7 nitrogen and oxygen atoms in total. The van der Waals surface area contributed by atoms with Crippen LogP contribution < -0.4 is 10.5 Å². The summed E-state index contributed by atoms with van der Waals surface area (Å²) in [5.41, 5.74) is 6.42. The number of pyridine rings is 1. The maximum Gasteiger partial charge on any atom is 0.253 e. The van der Waals surface area contributed by atoms with Crippen LogP contribution in [0.4, 0.5) is 5.82 Å². The Labute approximate surface area is 144 Å². The van der Waals surface area contributed by atoms with Crippen molar-refractivity contribution in [2.24, 2.45) is 0 Å². The third kappa shape index (κ3) is 2.53. The molecule has 2 N–H and O–H groups in total. The lowest BCUT2D eigenvalue weighted by Crippen LogP contribution is -2.23. The Morgan fingerprint density at radius 1 is 1.00 bits per heavy atom. The van der Waals surface area contributed by atoms with Crippen LogP contribution in [0.3, 0.4) is 0 Å². The highest BCUT2D eigenvalue weighted by Gasteiger charge is 2.24. The Hall–Kier alpha value is -3.22. The predicted octanol–water partition coefficient (Wildman–Crippen LogP) is 3.50. The summed E-state index contributed by atoms with van der Waals surface area (Å²) in [5.74, 6) is 1.16. The molecule has 0 aliphatic carbocycles. The highest BCUT2D eigenvalue weighted by molar-refractivity contribution is 5.92. The van der Waals surface area contributed by atoms with E-state index >= 15 is 0 Å². The van der Waals surface area contributed by atoms with Crippen molar-refractivity contribution in [1.82, 2.24) is 24.7 Å². The summed E-state index contributed by atoms with van der Waals surface area (Å²) in [4.78, 5) is 12.8. The van der Waals surface area contributed by atoms with E-state index in [1.807, 2.05) is 51.1 Å². The van der Waals surface area contributed by atoms with Gasteiger partial charge in [-0.1, -0.05) is 18.2 Å². The van der Waals surface area contributed by atoms with E-state index in [-0.39, 0.29) is 5.54 Å². The van der Waals surface area contributed by atoms with E-state index < -0.39 is 0 Å². The maximum absolute atomic E-state index is 6.08. The van der Waals surface area contributed by atoms with Crippen LogP contribution in [0.2, 0.25) is 0 Å². The van der Waals surface area contributed by atoms with Gasteiger partial charge < -0.3 is 10.5 Å². The zero-order valence-corrected chi connectivity index (χ0v) is 14.3. The number of fused-ring (bicyclic) bond motifs is 2. The first kappa shape index (κ1) is 15.3. The van der Waals surface area contributed by atoms with Gasteiger partial charge in [-0.25, -0.2) is 19.6 Å². The lowest BCUT2D eigenvalue weighted by molar-refractivity contribution is 0.347. The van der Waals surface area contributed by atoms with Gasteiger partial charge in [-0.3, -0.25) is 0 Å². The lowest BCUT2D eigenvalue weighted by Gasteiger charge is -2.19. The molecule has 1 aromatic carbocycles. The average molecular weight is 334 g/mol. The van der Waals surface area contributed by atoms with Crippen LogP contribution >= 0.6 is 0 Å². The summed E-state index contributed by atoms with van der Waals surface area (Å²) >= 11 is 0. The minimum atomic E-state index is -0.285. The molecule has 4 aromatic rings. The fourth-order valence-electron chi connectivity index (χ4n) is 2.75. The quantitative estimate of drug-likeness (QED) is 0.603. The number of hydrogen-bond acceptors (Lipinski definition) is 6. The summed E-state index contributed by atoms with van der Waals surface area (Å²) < 4.78 is 7.85. The lowest BCUT2D eigenvalue weighted by atomic mass is 10.1. The molecule has 0 aliphatic rings. The van der Waals surface area contributed by atoms with Gasteiger partial charge in [0.2, 0.25) is 5.88 Å². The monoisotopic (exact) mass is 334 g/mol. The van der Waals surface area contributed by atoms with Gasteiger partial charge in [-0.15, -0.1) is 5.10 Å². The van der Waals surface area contributed by atoms with E-state index in [2.05, 4.69) is 20.1 Å². The Balaban J connectivity index is 1.92. The van der Waals surface area contributed by atoms with Crippen molar-refractivity contribution in [3.05, 3.63) is 42.9 Å². The molecule has 0 amide bonds. The first-order valence-electron chi connectivity index (χ1n) is 7.96. The van der Waals surface area contributed by atoms with E-state index in [1.165, 1.54) is 6.33 Å². The molecule has 0 fully saturated rings. The number of nitrogen functional groups attached to an aromatic ring is 1. The zero-order valence-electron chi connectivity index (χ0n) is 14.3. The van der Waals surface area contributed by atoms with E-state index in [4.69, 9.17) is 10.5 Å². The number of nitrogens with zero attached hydrogens (tertiary/aromatic N) is 5. The molecular formula is C18H18N6O. The van der Waals surface area contributed by atoms with Gasteiger partial charge in [-0.05, 0) is 38.3 Å². The summed E-state index contributed by atoms with van der Waals surface area (Å²) in [5, 5.41) is 7.13. The number of aromatic nitrogens is 5. The SMILES string of the molecule is CC(C)(C)n1nc(Oc2nccc3ccccc23)c2c(N)ncnc21. The van der Waals surface area contributed by atoms with Crippen LogP contribution in [-0.4, -0.2) is 24.7 Å². The Bertz CT molecular complexity index is 1070. The Morgan fingerprint density at radius 2 is 1.80 bits per heavy atom. The predicted molar refractivity (Wildman–Crippen MR) is 96.5 cm³/mol. The van der Waals surface area contributed by atoms with Gasteiger partial charge in [0.25, 0.3) is 5.88 Å². The zero-order chi connectivity index (χ0) is 17.6. The highest BCUT2D eigenvalue weighted by atomic mass is 16.5. The molecule has 0 atom stereocenters. The normalized spacial score (nSPS) is 12.0. The second-order valence-electron chi connectivity index (χ2n) is 6.78. The number of benzene rings is 1. The Kier molecular flexibility index (Phi) is 3.31. The number of nitrogens with two attached hydrogens (primary N) is 1. The van der Waals surface area contributed by atoms with Gasteiger partial charge in [0, 0.05) is 11.6 Å². The van der Waals surface area contributed by atoms with Crippen molar-refractivity contribution < 1.29 is 4.74 Å². The van der Waals surface area contributed by atoms with Crippen molar-refractivity contribution in [3.8, 4) is 11.8 Å². The molecule has 0 spiro atoms. The molecule has 0 bridgehead atoms. The molecule has 0 aliphatic heterocycles. The number of rotatable bonds is 2. The van der Waals surface area contributed by atoms with Gasteiger partial charge >= 0.3 is 0 Å². The molecular weight excluding hydrogens is 316 g/mol. The molecule has 0 saturated carbocycles. The third-order valence-corrected chi connectivity index (χ3v) is 3.93. The number of hydrogen-bond donors (Lipinski definition) is 1. The first-order valence-corrected chi connectivity index (χ1v) is 7.96. The molecule has 0 radical (unpaired) electrons. The van der Waals surface area contributed by atoms with Crippen LogP contribution in [0.25, 0.3) is 21.8 Å². The second-order valence-corrected chi connectivity index (χ2v) is 6.78. The molecule has 0 unspecified atom stereocenters. The fraction of sp³-hybridized carbons (Fsp3) is 0.222. The van der Waals surface area contributed by atoms with Crippen molar-refractivity contribution in [1.29, 1.82) is 0 Å². The van der Waals surface area contributed by atoms with Gasteiger partial charge in [0.05, 0.1) is 5.54 Å². The molecule has 7 heteroatoms. The summed E-state index contributed by atoms with van der Waals surface area (Å²) in [7, 11) is 0. The van der Waals surface area contributed by atoms with Gasteiger partial charge in [0.15, 0.2) is 5.65 Å². The summed E-state index contributed by atoms with van der Waals surface area (Å²) in [6.07, 6.45) is 3.14. The highest BCUT2D eigenvalue weighted by Crippen LogP contribution is 2.35. The van der Waals surface area contributed by atoms with Crippen molar-refractivity contribution in [3.63, 3.8) is 0 Å². The van der Waals surface area contributed by atoms with E-state index in [0.717, 1.165) is 10.8 Å². The van der Waals surface area contributed by atoms with Gasteiger partial charge in [-0.2, -0.15) is 0 Å². The molecule has 3 aromatic heterocycles. The van der Waals surface area contributed by atoms with E-state index in [0.29, 0.717) is 28.6 Å². The summed E-state index contributed by atoms with van der Waals surface area (Å²) in [6, 6.07) is 9.82. The van der Waals surface area contributed by atoms with E-state index in [9.17, 15) is 0 Å². The number of ether oxygens (including phenoxy) is 1.